The van der Waals surface area contributed by atoms with Gasteiger partial charge in [0.1, 0.15) is 0 Å². The normalized spacial score (nSPS) is 25.4. The van der Waals surface area contributed by atoms with Gasteiger partial charge < -0.3 is 0 Å². The Morgan fingerprint density at radius 2 is 2.22 bits per heavy atom. The fourth-order valence-electron chi connectivity index (χ4n) is 1.28. The molecule has 0 radical (unpaired) electrons. The van der Waals surface area contributed by atoms with Gasteiger partial charge in [-0.2, -0.15) is 0 Å². The minimum absolute atomic E-state index is 0.481. The Labute approximate surface area is 70.9 Å². The largest absolute Gasteiger partial charge is 0.0696 e. The van der Waals surface area contributed by atoms with Gasteiger partial charge in [-0.1, -0.05) is 19.9 Å². The van der Waals surface area contributed by atoms with E-state index in [0.717, 1.165) is 0 Å². The third kappa shape index (κ3) is 2.28. The van der Waals surface area contributed by atoms with E-state index in [4.69, 9.17) is 0 Å². The van der Waals surface area contributed by atoms with Gasteiger partial charge in [-0.05, 0) is 50.8 Å². The van der Waals surface area contributed by atoms with E-state index in [2.05, 4.69) is 42.5 Å². The van der Waals surface area contributed by atoms with Crippen LogP contribution in [-0.4, -0.2) is 0 Å². The molecular formula is C8H13I. The lowest BCUT2D eigenvalue weighted by atomic mass is 9.83. The SMILES string of the molecule is CC1(C)C=C(I)CCC1. The highest BCUT2D eigenvalue weighted by molar-refractivity contribution is 14.1. The maximum Gasteiger partial charge on any atom is -0.0129 e. The van der Waals surface area contributed by atoms with E-state index in [-0.39, 0.29) is 0 Å². The van der Waals surface area contributed by atoms with Crippen molar-refractivity contribution in [1.29, 1.82) is 0 Å². The van der Waals surface area contributed by atoms with Crippen molar-refractivity contribution in [3.63, 3.8) is 0 Å². The zero-order valence-electron chi connectivity index (χ0n) is 6.08. The molecule has 0 fully saturated rings. The molecule has 0 aromatic rings. The van der Waals surface area contributed by atoms with E-state index in [1.807, 2.05) is 0 Å². The van der Waals surface area contributed by atoms with Gasteiger partial charge in [0.2, 0.25) is 0 Å². The Balaban J connectivity index is 2.68. The van der Waals surface area contributed by atoms with E-state index in [9.17, 15) is 0 Å². The van der Waals surface area contributed by atoms with Crippen molar-refractivity contribution in [3.8, 4) is 0 Å². The number of rotatable bonds is 0. The Morgan fingerprint density at radius 3 is 2.56 bits per heavy atom. The topological polar surface area (TPSA) is 0 Å². The first-order chi connectivity index (χ1) is 4.10. The number of hydrogen-bond donors (Lipinski definition) is 0. The number of hydrogen-bond acceptors (Lipinski definition) is 0. The molecule has 1 aliphatic rings. The average Bonchev–Trinajstić information content (AvgIpc) is 1.60. The fourth-order valence-corrected chi connectivity index (χ4v) is 2.51. The van der Waals surface area contributed by atoms with Crippen LogP contribution in [0, 0.1) is 5.41 Å². The van der Waals surface area contributed by atoms with Crippen molar-refractivity contribution in [2.75, 3.05) is 0 Å². The molecule has 1 heteroatoms. The first kappa shape index (κ1) is 7.58. The average molecular weight is 236 g/mol. The maximum atomic E-state index is 2.44. The standard InChI is InChI=1S/C8H13I/c1-8(2)5-3-4-7(9)6-8/h6H,3-5H2,1-2H3. The number of halogens is 1. The Kier molecular flexibility index (Phi) is 2.19. The summed E-state index contributed by atoms with van der Waals surface area (Å²) in [5, 5.41) is 0. The van der Waals surface area contributed by atoms with Crippen molar-refractivity contribution in [3.05, 3.63) is 9.66 Å². The van der Waals surface area contributed by atoms with Crippen LogP contribution in [0.5, 0.6) is 0 Å². The predicted molar refractivity (Wildman–Crippen MR) is 49.7 cm³/mol. The van der Waals surface area contributed by atoms with Crippen molar-refractivity contribution in [1.82, 2.24) is 0 Å². The van der Waals surface area contributed by atoms with Crippen LogP contribution in [0.2, 0.25) is 0 Å². The fraction of sp³-hybridized carbons (Fsp3) is 0.750. The minimum Gasteiger partial charge on any atom is -0.0696 e. The lowest BCUT2D eigenvalue weighted by molar-refractivity contribution is 0.404. The molecule has 0 bridgehead atoms. The van der Waals surface area contributed by atoms with Crippen molar-refractivity contribution >= 4 is 22.6 Å². The zero-order chi connectivity index (χ0) is 6.91. The molecule has 0 unspecified atom stereocenters. The maximum absolute atomic E-state index is 2.44. The summed E-state index contributed by atoms with van der Waals surface area (Å²) in [5.41, 5.74) is 0.481. The van der Waals surface area contributed by atoms with Gasteiger partial charge in [0.15, 0.2) is 0 Å². The minimum atomic E-state index is 0.481. The third-order valence-corrected chi connectivity index (χ3v) is 2.63. The molecular weight excluding hydrogens is 223 g/mol. The highest BCUT2D eigenvalue weighted by Gasteiger charge is 2.18. The van der Waals surface area contributed by atoms with Crippen molar-refractivity contribution < 1.29 is 0 Å². The van der Waals surface area contributed by atoms with E-state index in [1.54, 1.807) is 3.58 Å². The lowest BCUT2D eigenvalue weighted by Gasteiger charge is -2.25. The third-order valence-electron chi connectivity index (χ3n) is 1.78. The lowest BCUT2D eigenvalue weighted by Crippen LogP contribution is -2.11. The van der Waals surface area contributed by atoms with Crippen LogP contribution < -0.4 is 0 Å². The molecule has 0 aliphatic heterocycles. The van der Waals surface area contributed by atoms with Gasteiger partial charge in [0.05, 0.1) is 0 Å². The second kappa shape index (κ2) is 2.60. The van der Waals surface area contributed by atoms with Crippen LogP contribution in [0.1, 0.15) is 33.1 Å². The molecule has 0 atom stereocenters. The molecule has 0 aromatic carbocycles. The summed E-state index contributed by atoms with van der Waals surface area (Å²) in [4.78, 5) is 0. The van der Waals surface area contributed by atoms with Gasteiger partial charge in [0, 0.05) is 0 Å². The van der Waals surface area contributed by atoms with Gasteiger partial charge >= 0.3 is 0 Å². The summed E-state index contributed by atoms with van der Waals surface area (Å²) in [6.07, 6.45) is 6.45. The van der Waals surface area contributed by atoms with Crippen LogP contribution in [0.25, 0.3) is 0 Å². The molecule has 0 spiro atoms. The predicted octanol–water partition coefficient (Wildman–Crippen LogP) is 3.52. The molecule has 0 saturated carbocycles. The van der Waals surface area contributed by atoms with Crippen LogP contribution >= 0.6 is 22.6 Å². The van der Waals surface area contributed by atoms with Crippen molar-refractivity contribution in [2.45, 2.75) is 33.1 Å². The highest BCUT2D eigenvalue weighted by Crippen LogP contribution is 2.35. The van der Waals surface area contributed by atoms with E-state index >= 15 is 0 Å². The summed E-state index contributed by atoms with van der Waals surface area (Å²) >= 11 is 2.44. The highest BCUT2D eigenvalue weighted by atomic mass is 127. The molecule has 1 rings (SSSR count). The molecule has 0 N–H and O–H groups in total. The molecule has 0 amide bonds. The van der Waals surface area contributed by atoms with Gasteiger partial charge in [-0.3, -0.25) is 0 Å². The van der Waals surface area contributed by atoms with Crippen LogP contribution in [0.4, 0.5) is 0 Å². The van der Waals surface area contributed by atoms with Crippen LogP contribution in [0.3, 0.4) is 0 Å². The molecule has 1 aliphatic carbocycles. The molecule has 0 heterocycles. The second-order valence-corrected chi connectivity index (χ2v) is 4.82. The Bertz CT molecular complexity index is 134. The number of allylic oxidation sites excluding steroid dienone is 2. The molecule has 52 valence electrons. The quantitative estimate of drug-likeness (QED) is 0.564. The van der Waals surface area contributed by atoms with E-state index < -0.39 is 0 Å². The summed E-state index contributed by atoms with van der Waals surface area (Å²) in [7, 11) is 0. The smallest absolute Gasteiger partial charge is 0.0129 e. The first-order valence-corrected chi connectivity index (χ1v) is 4.55. The van der Waals surface area contributed by atoms with E-state index in [1.165, 1.54) is 19.3 Å². The van der Waals surface area contributed by atoms with Crippen LogP contribution in [0.15, 0.2) is 9.66 Å². The summed E-state index contributed by atoms with van der Waals surface area (Å²) in [6, 6.07) is 0. The summed E-state index contributed by atoms with van der Waals surface area (Å²) in [6.45, 7) is 4.62. The monoisotopic (exact) mass is 236 g/mol. The van der Waals surface area contributed by atoms with E-state index in [0.29, 0.717) is 5.41 Å². The molecule has 0 saturated heterocycles. The second-order valence-electron chi connectivity index (χ2n) is 3.43. The van der Waals surface area contributed by atoms with Gasteiger partial charge in [-0.15, -0.1) is 0 Å². The van der Waals surface area contributed by atoms with Crippen molar-refractivity contribution in [2.24, 2.45) is 5.41 Å². The summed E-state index contributed by atoms with van der Waals surface area (Å²) < 4.78 is 1.55. The molecule has 0 aromatic heterocycles. The van der Waals surface area contributed by atoms with Gasteiger partial charge in [-0.25, -0.2) is 0 Å². The first-order valence-electron chi connectivity index (χ1n) is 3.47. The van der Waals surface area contributed by atoms with Crippen LogP contribution in [-0.2, 0) is 0 Å². The van der Waals surface area contributed by atoms with Gasteiger partial charge in [0.25, 0.3) is 0 Å². The molecule has 9 heavy (non-hydrogen) atoms. The Hall–Kier alpha value is 0.470. The molecule has 0 nitrogen and oxygen atoms in total. The Morgan fingerprint density at radius 1 is 1.56 bits per heavy atom. The zero-order valence-corrected chi connectivity index (χ0v) is 8.23. The summed E-state index contributed by atoms with van der Waals surface area (Å²) in [5.74, 6) is 0.